The maximum Gasteiger partial charge on any atom is 0.416 e. The molecule has 0 aliphatic heterocycles. The fourth-order valence-corrected chi connectivity index (χ4v) is 4.27. The summed E-state index contributed by atoms with van der Waals surface area (Å²) in [6.07, 6.45) is 7.14. The Kier molecular flexibility index (Phi) is 11.0. The first-order valence-corrected chi connectivity index (χ1v) is 14.4. The summed E-state index contributed by atoms with van der Waals surface area (Å²) >= 11 is 0. The van der Waals surface area contributed by atoms with Gasteiger partial charge in [-0.15, -0.1) is 0 Å². The van der Waals surface area contributed by atoms with Crippen LogP contribution in [0.4, 0.5) is 30.5 Å². The summed E-state index contributed by atoms with van der Waals surface area (Å²) in [4.78, 5) is 30.1. The minimum Gasteiger partial charge on any atom is -0.330 e. The Balaban J connectivity index is 0.000000700. The molecule has 4 N–H and O–H groups in total. The third-order valence-electron chi connectivity index (χ3n) is 6.68. The molecular formula is C33H35F3N8O. The number of benzene rings is 2. The quantitative estimate of drug-likeness (QED) is 0.147. The lowest BCUT2D eigenvalue weighted by atomic mass is 10.1. The van der Waals surface area contributed by atoms with Gasteiger partial charge in [0.25, 0.3) is 5.91 Å². The molecule has 0 bridgehead atoms. The third-order valence-corrected chi connectivity index (χ3v) is 6.68. The van der Waals surface area contributed by atoms with Gasteiger partial charge < -0.3 is 20.9 Å². The molecule has 3 heterocycles. The predicted molar refractivity (Wildman–Crippen MR) is 170 cm³/mol. The van der Waals surface area contributed by atoms with Crippen molar-refractivity contribution in [2.45, 2.75) is 46.2 Å². The minimum absolute atomic E-state index is 0.00114. The highest BCUT2D eigenvalue weighted by Crippen LogP contribution is 2.33. The molecule has 0 aliphatic rings. The molecule has 3 aromatic heterocycles. The second-order valence-corrected chi connectivity index (χ2v) is 10.3. The van der Waals surface area contributed by atoms with Crippen LogP contribution in [0, 0.1) is 13.8 Å². The van der Waals surface area contributed by atoms with Gasteiger partial charge in [0.05, 0.1) is 23.3 Å². The highest BCUT2D eigenvalue weighted by Gasteiger charge is 2.31. The summed E-state index contributed by atoms with van der Waals surface area (Å²) in [6, 6.07) is 13.7. The lowest BCUT2D eigenvalue weighted by Gasteiger charge is -2.14. The number of alkyl halides is 3. The van der Waals surface area contributed by atoms with E-state index in [4.69, 9.17) is 5.73 Å². The molecule has 5 aromatic rings. The van der Waals surface area contributed by atoms with Crippen molar-refractivity contribution < 1.29 is 18.0 Å². The van der Waals surface area contributed by atoms with Crippen LogP contribution in [0.25, 0.3) is 16.9 Å². The van der Waals surface area contributed by atoms with Crippen LogP contribution in [0.1, 0.15) is 53.4 Å². The number of amides is 1. The number of imidazole rings is 1. The van der Waals surface area contributed by atoms with Gasteiger partial charge >= 0.3 is 6.18 Å². The average molecular weight is 617 g/mol. The number of carbonyl (C=O) groups is 1. The summed E-state index contributed by atoms with van der Waals surface area (Å²) in [5.41, 5.74) is 8.31. The predicted octanol–water partition coefficient (Wildman–Crippen LogP) is 7.49. The number of unbranched alkanes of at least 4 members (excludes halogenated alkanes) is 2. The van der Waals surface area contributed by atoms with Gasteiger partial charge in [-0.3, -0.25) is 9.78 Å². The van der Waals surface area contributed by atoms with E-state index in [1.54, 1.807) is 62.0 Å². The van der Waals surface area contributed by atoms with Gasteiger partial charge in [0.1, 0.15) is 0 Å². The lowest BCUT2D eigenvalue weighted by Crippen LogP contribution is -2.14. The van der Waals surface area contributed by atoms with E-state index < -0.39 is 17.6 Å². The van der Waals surface area contributed by atoms with Gasteiger partial charge in [0.15, 0.2) is 0 Å². The first-order chi connectivity index (χ1) is 21.6. The Bertz CT molecular complexity index is 1720. The average Bonchev–Trinajstić information content (AvgIpc) is 3.47. The van der Waals surface area contributed by atoms with Crippen LogP contribution >= 0.6 is 0 Å². The van der Waals surface area contributed by atoms with Crippen molar-refractivity contribution in [1.29, 1.82) is 0 Å². The summed E-state index contributed by atoms with van der Waals surface area (Å²) in [6.45, 7) is 6.61. The van der Waals surface area contributed by atoms with Crippen LogP contribution in [-0.4, -0.2) is 37.0 Å². The maximum absolute atomic E-state index is 13.6. The number of aryl methyl sites for hydroxylation is 2. The molecule has 0 saturated carbocycles. The summed E-state index contributed by atoms with van der Waals surface area (Å²) in [7, 11) is 0. The van der Waals surface area contributed by atoms with E-state index in [1.165, 1.54) is 36.2 Å². The number of rotatable bonds is 9. The third kappa shape index (κ3) is 9.19. The normalized spacial score (nSPS) is 11.0. The van der Waals surface area contributed by atoms with Gasteiger partial charge in [-0.1, -0.05) is 25.8 Å². The van der Waals surface area contributed by atoms with E-state index in [9.17, 15) is 18.0 Å². The number of aromatic nitrogens is 5. The first-order valence-electron chi connectivity index (χ1n) is 14.4. The van der Waals surface area contributed by atoms with Crippen molar-refractivity contribution >= 4 is 23.2 Å². The van der Waals surface area contributed by atoms with Crippen molar-refractivity contribution in [2.75, 3.05) is 17.2 Å². The zero-order valence-corrected chi connectivity index (χ0v) is 25.3. The number of halogens is 3. The molecule has 1 amide bonds. The van der Waals surface area contributed by atoms with Crippen LogP contribution in [0.15, 0.2) is 85.7 Å². The monoisotopic (exact) mass is 616 g/mol. The Morgan fingerprint density at radius 3 is 2.47 bits per heavy atom. The van der Waals surface area contributed by atoms with Crippen LogP contribution in [-0.2, 0) is 6.18 Å². The van der Waals surface area contributed by atoms with E-state index in [2.05, 4.69) is 37.5 Å². The Hall–Kier alpha value is -5.10. The maximum atomic E-state index is 13.6. The highest BCUT2D eigenvalue weighted by molar-refractivity contribution is 6.05. The van der Waals surface area contributed by atoms with Crippen LogP contribution in [0.2, 0.25) is 0 Å². The first kappa shape index (κ1) is 32.8. The Morgan fingerprint density at radius 2 is 1.82 bits per heavy atom. The van der Waals surface area contributed by atoms with Crippen LogP contribution < -0.4 is 16.4 Å². The topological polar surface area (TPSA) is 124 Å². The smallest absolute Gasteiger partial charge is 0.330 e. The molecular weight excluding hydrogens is 581 g/mol. The molecule has 0 saturated heterocycles. The lowest BCUT2D eigenvalue weighted by molar-refractivity contribution is -0.137. The number of pyridine rings is 1. The van der Waals surface area contributed by atoms with E-state index in [0.29, 0.717) is 23.0 Å². The van der Waals surface area contributed by atoms with Gasteiger partial charge in [-0.2, -0.15) is 13.2 Å². The van der Waals surface area contributed by atoms with E-state index in [1.807, 2.05) is 13.0 Å². The fourth-order valence-electron chi connectivity index (χ4n) is 4.27. The molecule has 5 rings (SSSR count). The minimum atomic E-state index is -4.60. The molecule has 2 aromatic carbocycles. The summed E-state index contributed by atoms with van der Waals surface area (Å²) in [5.74, 6) is -0.259. The van der Waals surface area contributed by atoms with Crippen molar-refractivity contribution in [3.63, 3.8) is 0 Å². The molecule has 0 fully saturated rings. The molecule has 45 heavy (non-hydrogen) atoms. The standard InChI is InChI=1S/C28H22F3N7O.C5H13N/c1-17-5-6-19(10-25(17)37-27-33-9-7-24(36-27)20-4-3-8-32-14-20)26(39)35-22-11-21(28(29,30)31)12-23(13-22)38-15-18(2)34-16-38;1-2-3-4-5-6/h3-16H,1-2H3,(H,35,39)(H,33,36,37);2-6H2,1H3. The summed E-state index contributed by atoms with van der Waals surface area (Å²) < 4.78 is 42.3. The van der Waals surface area contributed by atoms with Gasteiger partial charge in [-0.05, 0) is 80.9 Å². The molecule has 0 unspecified atom stereocenters. The number of hydrogen-bond acceptors (Lipinski definition) is 7. The largest absolute Gasteiger partial charge is 0.416 e. The fraction of sp³-hybridized carbons (Fsp3) is 0.242. The molecule has 9 nitrogen and oxygen atoms in total. The van der Waals surface area contributed by atoms with E-state index in [-0.39, 0.29) is 16.9 Å². The van der Waals surface area contributed by atoms with Crippen LogP contribution in [0.3, 0.4) is 0 Å². The van der Waals surface area contributed by atoms with Crippen molar-refractivity contribution in [1.82, 2.24) is 24.5 Å². The number of nitrogens with zero attached hydrogens (tertiary/aromatic N) is 5. The number of anilines is 3. The second-order valence-electron chi connectivity index (χ2n) is 10.3. The zero-order chi connectivity index (χ0) is 32.4. The molecule has 234 valence electrons. The van der Waals surface area contributed by atoms with Gasteiger partial charge in [0.2, 0.25) is 5.95 Å². The van der Waals surface area contributed by atoms with Crippen molar-refractivity contribution in [3.8, 4) is 16.9 Å². The second kappa shape index (κ2) is 15.1. The number of nitrogens with one attached hydrogen (secondary N) is 2. The van der Waals surface area contributed by atoms with Crippen LogP contribution in [0.5, 0.6) is 0 Å². The highest BCUT2D eigenvalue weighted by atomic mass is 19.4. The van der Waals surface area contributed by atoms with E-state index in [0.717, 1.165) is 29.8 Å². The molecule has 0 radical (unpaired) electrons. The molecule has 12 heteroatoms. The molecule has 0 spiro atoms. The zero-order valence-electron chi connectivity index (χ0n) is 25.3. The molecule has 0 atom stereocenters. The number of nitrogens with two attached hydrogens (primary N) is 1. The number of carbonyl (C=O) groups excluding carboxylic acids is 1. The van der Waals surface area contributed by atoms with Gasteiger partial charge in [0, 0.05) is 53.0 Å². The van der Waals surface area contributed by atoms with Gasteiger partial charge in [-0.25, -0.2) is 15.0 Å². The van der Waals surface area contributed by atoms with E-state index >= 15 is 0 Å². The SMILES string of the molecule is CCCCCN.Cc1cn(-c2cc(NC(=O)c3ccc(C)c(Nc4nccc(-c5cccnc5)n4)c3)cc(C(F)(F)F)c2)cn1. The Labute approximate surface area is 259 Å². The van der Waals surface area contributed by atoms with Crippen molar-refractivity contribution in [2.24, 2.45) is 5.73 Å². The molecule has 0 aliphatic carbocycles. The number of hydrogen-bond donors (Lipinski definition) is 3. The summed E-state index contributed by atoms with van der Waals surface area (Å²) in [5, 5.41) is 5.71. The van der Waals surface area contributed by atoms with Crippen molar-refractivity contribution in [3.05, 3.63) is 108 Å². The Morgan fingerprint density at radius 1 is 1.00 bits per heavy atom.